The van der Waals surface area contributed by atoms with Crippen molar-refractivity contribution < 1.29 is 28.2 Å². The lowest BCUT2D eigenvalue weighted by Gasteiger charge is -2.44. The highest BCUT2D eigenvalue weighted by atomic mass is 19.1. The van der Waals surface area contributed by atoms with E-state index in [0.717, 1.165) is 18.4 Å². The van der Waals surface area contributed by atoms with Gasteiger partial charge >= 0.3 is 0 Å². The highest BCUT2D eigenvalue weighted by Gasteiger charge is 2.54. The molecular weight excluding hydrogens is 477 g/mol. The van der Waals surface area contributed by atoms with Crippen molar-refractivity contribution in [3.63, 3.8) is 0 Å². The molecule has 8 nitrogen and oxygen atoms in total. The number of aryl methyl sites for hydroxylation is 1. The summed E-state index contributed by atoms with van der Waals surface area (Å²) in [7, 11) is 0. The van der Waals surface area contributed by atoms with E-state index in [2.05, 4.69) is 5.32 Å². The van der Waals surface area contributed by atoms with Crippen LogP contribution in [-0.4, -0.2) is 78.2 Å². The standard InChI is InChI=1S/C28H32FN3O5/c1-19-4-2-5-21(16-19)26(34)31-13-11-28(12-14-31)32(27(35)20-7-9-22(29)10-8-20)24(18-37-28)25(33)30-17-23-6-3-15-36-23/h2,4-5,7-10,16,23-24H,3,6,11-15,17-18H2,1H3,(H,30,33)/t23-,24-/m0/s1. The van der Waals surface area contributed by atoms with Gasteiger partial charge in [-0.05, 0) is 56.2 Å². The highest BCUT2D eigenvalue weighted by Crippen LogP contribution is 2.39. The number of hydrogen-bond acceptors (Lipinski definition) is 5. The average molecular weight is 510 g/mol. The van der Waals surface area contributed by atoms with Gasteiger partial charge in [-0.3, -0.25) is 19.3 Å². The summed E-state index contributed by atoms with van der Waals surface area (Å²) < 4.78 is 25.4. The Hall–Kier alpha value is -3.30. The van der Waals surface area contributed by atoms with Crippen LogP contribution in [-0.2, 0) is 14.3 Å². The van der Waals surface area contributed by atoms with Crippen LogP contribution in [0.2, 0.25) is 0 Å². The minimum atomic E-state index is -1.03. The molecule has 0 aliphatic carbocycles. The zero-order chi connectivity index (χ0) is 26.0. The quantitative estimate of drug-likeness (QED) is 0.670. The number of carbonyl (C=O) groups excluding carboxylic acids is 3. The SMILES string of the molecule is Cc1cccc(C(=O)N2CCC3(CC2)OC[C@@H](C(=O)NC[C@@H]2CCCO2)N3C(=O)c2ccc(F)cc2)c1. The number of amides is 3. The zero-order valence-corrected chi connectivity index (χ0v) is 21.0. The number of piperidine rings is 1. The lowest BCUT2D eigenvalue weighted by molar-refractivity contribution is -0.128. The van der Waals surface area contributed by atoms with Crippen molar-refractivity contribution in [1.82, 2.24) is 15.1 Å². The molecule has 3 amide bonds. The van der Waals surface area contributed by atoms with Gasteiger partial charge in [-0.15, -0.1) is 0 Å². The molecule has 1 spiro atoms. The van der Waals surface area contributed by atoms with Crippen molar-refractivity contribution in [1.29, 1.82) is 0 Å². The normalized spacial score (nSPS) is 22.9. The summed E-state index contributed by atoms with van der Waals surface area (Å²) in [6.45, 7) is 3.81. The van der Waals surface area contributed by atoms with Crippen LogP contribution in [0, 0.1) is 12.7 Å². The Kier molecular flexibility index (Phi) is 7.26. The molecular formula is C28H32FN3O5. The largest absolute Gasteiger partial charge is 0.376 e. The van der Waals surface area contributed by atoms with Crippen LogP contribution in [0.3, 0.4) is 0 Å². The monoisotopic (exact) mass is 509 g/mol. The molecule has 2 aromatic rings. The third-order valence-electron chi connectivity index (χ3n) is 7.50. The van der Waals surface area contributed by atoms with Gasteiger partial charge in [0.1, 0.15) is 17.6 Å². The van der Waals surface area contributed by atoms with Gasteiger partial charge in [0.15, 0.2) is 0 Å². The Bertz CT molecular complexity index is 1160. The molecule has 1 N–H and O–H groups in total. The molecule has 3 fully saturated rings. The van der Waals surface area contributed by atoms with Gasteiger partial charge in [-0.25, -0.2) is 4.39 Å². The number of rotatable bonds is 5. The Morgan fingerprint density at radius 3 is 2.49 bits per heavy atom. The van der Waals surface area contributed by atoms with Crippen molar-refractivity contribution in [2.24, 2.45) is 0 Å². The Balaban J connectivity index is 1.34. The second-order valence-corrected chi connectivity index (χ2v) is 10.00. The Morgan fingerprint density at radius 2 is 1.81 bits per heavy atom. The third kappa shape index (κ3) is 5.24. The Labute approximate surface area is 215 Å². The number of nitrogens with zero attached hydrogens (tertiary/aromatic N) is 2. The van der Waals surface area contributed by atoms with Gasteiger partial charge in [0.25, 0.3) is 11.8 Å². The molecule has 2 aromatic carbocycles. The van der Waals surface area contributed by atoms with E-state index in [1.165, 1.54) is 29.2 Å². The van der Waals surface area contributed by atoms with Crippen LogP contribution in [0.15, 0.2) is 48.5 Å². The van der Waals surface area contributed by atoms with Crippen molar-refractivity contribution >= 4 is 17.7 Å². The first-order valence-corrected chi connectivity index (χ1v) is 12.8. The van der Waals surface area contributed by atoms with Crippen LogP contribution >= 0.6 is 0 Å². The lowest BCUT2D eigenvalue weighted by Crippen LogP contribution is -2.60. The predicted octanol–water partition coefficient (Wildman–Crippen LogP) is 2.90. The van der Waals surface area contributed by atoms with E-state index in [0.29, 0.717) is 44.6 Å². The summed E-state index contributed by atoms with van der Waals surface area (Å²) in [4.78, 5) is 43.3. The van der Waals surface area contributed by atoms with Crippen molar-refractivity contribution in [3.05, 3.63) is 71.0 Å². The average Bonchev–Trinajstić information content (AvgIpc) is 3.56. The molecule has 3 aliphatic heterocycles. The molecule has 37 heavy (non-hydrogen) atoms. The topological polar surface area (TPSA) is 88.2 Å². The molecule has 2 atom stereocenters. The maximum Gasteiger partial charge on any atom is 0.256 e. The minimum Gasteiger partial charge on any atom is -0.376 e. The van der Waals surface area contributed by atoms with E-state index < -0.39 is 23.5 Å². The third-order valence-corrected chi connectivity index (χ3v) is 7.50. The van der Waals surface area contributed by atoms with Gasteiger partial charge in [-0.1, -0.05) is 17.7 Å². The second-order valence-electron chi connectivity index (χ2n) is 10.00. The van der Waals surface area contributed by atoms with Gasteiger partial charge < -0.3 is 19.7 Å². The van der Waals surface area contributed by atoms with Crippen molar-refractivity contribution in [2.75, 3.05) is 32.8 Å². The zero-order valence-electron chi connectivity index (χ0n) is 21.0. The number of ether oxygens (including phenoxy) is 2. The number of nitrogens with one attached hydrogen (secondary N) is 1. The Morgan fingerprint density at radius 1 is 1.05 bits per heavy atom. The molecule has 3 heterocycles. The molecule has 3 saturated heterocycles. The fraction of sp³-hybridized carbons (Fsp3) is 0.464. The van der Waals surface area contributed by atoms with Crippen LogP contribution in [0.5, 0.6) is 0 Å². The maximum atomic E-state index is 13.7. The molecule has 5 rings (SSSR count). The van der Waals surface area contributed by atoms with Gasteiger partial charge in [0.05, 0.1) is 12.7 Å². The lowest BCUT2D eigenvalue weighted by atomic mass is 9.96. The highest BCUT2D eigenvalue weighted by molar-refractivity contribution is 5.98. The van der Waals surface area contributed by atoms with E-state index in [1.807, 2.05) is 25.1 Å². The van der Waals surface area contributed by atoms with Gasteiger partial charge in [-0.2, -0.15) is 0 Å². The van der Waals surface area contributed by atoms with Crippen molar-refractivity contribution in [2.45, 2.75) is 50.5 Å². The smallest absolute Gasteiger partial charge is 0.256 e. The summed E-state index contributed by atoms with van der Waals surface area (Å²) in [5, 5.41) is 2.93. The van der Waals surface area contributed by atoms with Gasteiger partial charge in [0.2, 0.25) is 5.91 Å². The molecule has 0 unspecified atom stereocenters. The number of halogens is 1. The van der Waals surface area contributed by atoms with Crippen LogP contribution in [0.4, 0.5) is 4.39 Å². The van der Waals surface area contributed by atoms with E-state index in [-0.39, 0.29) is 30.1 Å². The summed E-state index contributed by atoms with van der Waals surface area (Å²) in [5.74, 6) is -1.22. The van der Waals surface area contributed by atoms with Gasteiger partial charge in [0, 0.05) is 50.2 Å². The summed E-state index contributed by atoms with van der Waals surface area (Å²) >= 11 is 0. The second kappa shape index (κ2) is 10.6. The number of likely N-dealkylation sites (tertiary alicyclic amines) is 1. The van der Waals surface area contributed by atoms with E-state index in [1.54, 1.807) is 11.0 Å². The summed E-state index contributed by atoms with van der Waals surface area (Å²) in [5.41, 5.74) is 0.877. The molecule has 0 aromatic heterocycles. The fourth-order valence-electron chi connectivity index (χ4n) is 5.46. The summed E-state index contributed by atoms with van der Waals surface area (Å²) in [6.07, 6.45) is 2.55. The van der Waals surface area contributed by atoms with Crippen LogP contribution in [0.1, 0.15) is 52.0 Å². The fourth-order valence-corrected chi connectivity index (χ4v) is 5.46. The summed E-state index contributed by atoms with van der Waals surface area (Å²) in [6, 6.07) is 11.9. The van der Waals surface area contributed by atoms with Crippen LogP contribution < -0.4 is 5.32 Å². The number of benzene rings is 2. The molecule has 196 valence electrons. The van der Waals surface area contributed by atoms with Crippen LogP contribution in [0.25, 0.3) is 0 Å². The molecule has 0 bridgehead atoms. The van der Waals surface area contributed by atoms with E-state index in [9.17, 15) is 18.8 Å². The molecule has 9 heteroatoms. The maximum absolute atomic E-state index is 13.7. The first-order valence-electron chi connectivity index (χ1n) is 12.8. The predicted molar refractivity (Wildman–Crippen MR) is 133 cm³/mol. The minimum absolute atomic E-state index is 0.0302. The van der Waals surface area contributed by atoms with E-state index >= 15 is 0 Å². The number of hydrogen-bond donors (Lipinski definition) is 1. The molecule has 3 aliphatic rings. The molecule has 0 saturated carbocycles. The van der Waals surface area contributed by atoms with E-state index in [4.69, 9.17) is 9.47 Å². The number of carbonyl (C=O) groups is 3. The first-order chi connectivity index (χ1) is 17.9. The van der Waals surface area contributed by atoms with Crippen molar-refractivity contribution in [3.8, 4) is 0 Å². The molecule has 0 radical (unpaired) electrons. The first kappa shape index (κ1) is 25.4.